The summed E-state index contributed by atoms with van der Waals surface area (Å²) in [6.45, 7) is 1.79. The molecule has 2 heterocycles. The van der Waals surface area contributed by atoms with E-state index >= 15 is 0 Å². The molecule has 1 N–H and O–H groups in total. The summed E-state index contributed by atoms with van der Waals surface area (Å²) in [5, 5.41) is 16.7. The molecule has 5 nitrogen and oxygen atoms in total. The summed E-state index contributed by atoms with van der Waals surface area (Å²) in [7, 11) is 0. The highest BCUT2D eigenvalue weighted by molar-refractivity contribution is 5.87. The molecule has 2 aromatic rings. The number of aromatic carboxylic acids is 1. The first-order valence-corrected chi connectivity index (χ1v) is 8.40. The Kier molecular flexibility index (Phi) is 5.20. The monoisotopic (exact) mass is 326 g/mol. The Morgan fingerprint density at radius 1 is 1.29 bits per heavy atom. The van der Waals surface area contributed by atoms with E-state index in [1.54, 1.807) is 13.1 Å². The Balaban J connectivity index is 1.63. The van der Waals surface area contributed by atoms with E-state index in [0.717, 1.165) is 37.7 Å². The van der Waals surface area contributed by atoms with Gasteiger partial charge in [-0.1, -0.05) is 30.3 Å². The number of aryl methyl sites for hydroxylation is 1. The summed E-state index contributed by atoms with van der Waals surface area (Å²) >= 11 is 0. The normalized spacial score (nSPS) is 20.7. The van der Waals surface area contributed by atoms with Gasteiger partial charge in [-0.25, -0.2) is 4.79 Å². The van der Waals surface area contributed by atoms with Crippen molar-refractivity contribution in [3.05, 3.63) is 58.9 Å². The molecule has 0 bridgehead atoms. The fourth-order valence-electron chi connectivity index (χ4n) is 3.28. The lowest BCUT2D eigenvalue weighted by Crippen LogP contribution is -2.23. The van der Waals surface area contributed by atoms with Gasteiger partial charge in [0, 0.05) is 0 Å². The van der Waals surface area contributed by atoms with Crippen LogP contribution in [-0.4, -0.2) is 27.4 Å². The second-order valence-corrected chi connectivity index (χ2v) is 6.28. The molecule has 0 unspecified atom stereocenters. The molecule has 1 aromatic heterocycles. The van der Waals surface area contributed by atoms with Crippen LogP contribution < -0.4 is 0 Å². The molecule has 0 saturated carbocycles. The molecular weight excluding hydrogens is 304 g/mol. The fourth-order valence-corrected chi connectivity index (χ4v) is 3.28. The van der Waals surface area contributed by atoms with Gasteiger partial charge in [-0.15, -0.1) is 5.10 Å². The van der Waals surface area contributed by atoms with Crippen LogP contribution in [0.2, 0.25) is 0 Å². The number of benzene rings is 1. The van der Waals surface area contributed by atoms with Gasteiger partial charge in [0.2, 0.25) is 0 Å². The number of hydrogen-bond donors (Lipinski definition) is 1. The maximum Gasteiger partial charge on any atom is 0.356 e. The van der Waals surface area contributed by atoms with Crippen LogP contribution in [0.25, 0.3) is 0 Å². The topological polar surface area (TPSA) is 72.3 Å². The van der Waals surface area contributed by atoms with E-state index in [2.05, 4.69) is 22.3 Å². The van der Waals surface area contributed by atoms with Gasteiger partial charge in [-0.2, -0.15) is 5.10 Å². The average Bonchev–Trinajstić information content (AvgIpc) is 2.61. The molecular formula is C19H22N2O3. The van der Waals surface area contributed by atoms with Gasteiger partial charge in [0.15, 0.2) is 5.69 Å². The van der Waals surface area contributed by atoms with Crippen LogP contribution in [0.5, 0.6) is 0 Å². The van der Waals surface area contributed by atoms with Gasteiger partial charge >= 0.3 is 5.97 Å². The van der Waals surface area contributed by atoms with Crippen LogP contribution >= 0.6 is 0 Å². The van der Waals surface area contributed by atoms with E-state index in [9.17, 15) is 4.79 Å². The molecule has 24 heavy (non-hydrogen) atoms. The Morgan fingerprint density at radius 3 is 2.83 bits per heavy atom. The molecule has 5 heteroatoms. The third-order valence-electron chi connectivity index (χ3n) is 4.67. The Hall–Kier alpha value is -2.27. The summed E-state index contributed by atoms with van der Waals surface area (Å²) in [5.41, 5.74) is 2.91. The molecule has 1 fully saturated rings. The number of aromatic nitrogens is 2. The summed E-state index contributed by atoms with van der Waals surface area (Å²) in [6.07, 6.45) is 6.91. The summed E-state index contributed by atoms with van der Waals surface area (Å²) in [5.74, 6) is -1.03. The first-order chi connectivity index (χ1) is 11.6. The molecule has 1 aliphatic heterocycles. The third kappa shape index (κ3) is 3.79. The highest BCUT2D eigenvalue weighted by atomic mass is 16.5. The number of carboxylic acid groups (broad SMARTS) is 1. The average molecular weight is 326 g/mol. The lowest BCUT2D eigenvalue weighted by Gasteiger charge is -2.30. The van der Waals surface area contributed by atoms with E-state index in [1.165, 1.54) is 5.56 Å². The van der Waals surface area contributed by atoms with Crippen LogP contribution in [0.4, 0.5) is 0 Å². The van der Waals surface area contributed by atoms with E-state index < -0.39 is 5.97 Å². The van der Waals surface area contributed by atoms with E-state index in [0.29, 0.717) is 5.56 Å². The van der Waals surface area contributed by atoms with E-state index in [1.807, 2.05) is 18.2 Å². The largest absolute Gasteiger partial charge is 0.476 e. The molecule has 1 aromatic carbocycles. The zero-order valence-corrected chi connectivity index (χ0v) is 13.8. The third-order valence-corrected chi connectivity index (χ3v) is 4.67. The van der Waals surface area contributed by atoms with Crippen LogP contribution in [0, 0.1) is 6.92 Å². The molecule has 0 radical (unpaired) electrons. The fraction of sp³-hybridized carbons (Fsp3) is 0.421. The molecule has 126 valence electrons. The van der Waals surface area contributed by atoms with Crippen LogP contribution in [0.1, 0.15) is 59.0 Å². The minimum atomic E-state index is -1.03. The van der Waals surface area contributed by atoms with Crippen molar-refractivity contribution in [2.45, 2.75) is 51.2 Å². The molecule has 0 spiro atoms. The molecule has 0 amide bonds. The van der Waals surface area contributed by atoms with Crippen molar-refractivity contribution in [1.82, 2.24) is 10.2 Å². The highest BCUT2D eigenvalue weighted by Gasteiger charge is 2.24. The number of rotatable bonds is 5. The summed E-state index contributed by atoms with van der Waals surface area (Å²) < 4.78 is 6.26. The SMILES string of the molecule is Cc1c(CC[C@H]2CCC[C@@H](c3ccccc3)O2)cnnc1C(=O)O. The lowest BCUT2D eigenvalue weighted by atomic mass is 9.95. The Morgan fingerprint density at radius 2 is 2.08 bits per heavy atom. The number of hydrogen-bond acceptors (Lipinski definition) is 4. The summed E-state index contributed by atoms with van der Waals surface area (Å²) in [6, 6.07) is 10.3. The molecule has 0 aliphatic carbocycles. The Bertz CT molecular complexity index is 703. The zero-order chi connectivity index (χ0) is 16.9. The minimum Gasteiger partial charge on any atom is -0.476 e. The van der Waals surface area contributed by atoms with Gasteiger partial charge in [-0.05, 0) is 55.7 Å². The van der Waals surface area contributed by atoms with Gasteiger partial charge in [0.1, 0.15) is 0 Å². The predicted octanol–water partition coefficient (Wildman–Crippen LogP) is 3.73. The number of carbonyl (C=O) groups is 1. The van der Waals surface area contributed by atoms with Gasteiger partial charge in [0.25, 0.3) is 0 Å². The molecule has 1 aliphatic rings. The maximum atomic E-state index is 11.2. The molecule has 3 rings (SSSR count). The van der Waals surface area contributed by atoms with Crippen molar-refractivity contribution >= 4 is 5.97 Å². The first kappa shape index (κ1) is 16.6. The first-order valence-electron chi connectivity index (χ1n) is 8.40. The maximum absolute atomic E-state index is 11.2. The lowest BCUT2D eigenvalue weighted by molar-refractivity contribution is -0.0546. The minimum absolute atomic E-state index is 0.0409. The van der Waals surface area contributed by atoms with Crippen molar-refractivity contribution in [2.24, 2.45) is 0 Å². The second-order valence-electron chi connectivity index (χ2n) is 6.28. The van der Waals surface area contributed by atoms with Crippen molar-refractivity contribution in [3.8, 4) is 0 Å². The zero-order valence-electron chi connectivity index (χ0n) is 13.8. The van der Waals surface area contributed by atoms with Gasteiger partial charge in [-0.3, -0.25) is 0 Å². The van der Waals surface area contributed by atoms with Crippen LogP contribution in [0.3, 0.4) is 0 Å². The van der Waals surface area contributed by atoms with E-state index in [-0.39, 0.29) is 17.9 Å². The standard InChI is InChI=1S/C19H22N2O3/c1-13-15(12-20-21-18(13)19(22)23)10-11-16-8-5-9-17(24-16)14-6-3-2-4-7-14/h2-4,6-7,12,16-17H,5,8-11H2,1H3,(H,22,23)/t16-,17+/m1/s1. The summed E-state index contributed by atoms with van der Waals surface area (Å²) in [4.78, 5) is 11.2. The number of carboxylic acids is 1. The van der Waals surface area contributed by atoms with Gasteiger partial charge in [0.05, 0.1) is 18.4 Å². The van der Waals surface area contributed by atoms with Crippen molar-refractivity contribution in [2.75, 3.05) is 0 Å². The quantitative estimate of drug-likeness (QED) is 0.906. The molecule has 1 saturated heterocycles. The second kappa shape index (κ2) is 7.53. The van der Waals surface area contributed by atoms with Crippen LogP contribution in [0.15, 0.2) is 36.5 Å². The van der Waals surface area contributed by atoms with Crippen LogP contribution in [-0.2, 0) is 11.2 Å². The van der Waals surface area contributed by atoms with Gasteiger partial charge < -0.3 is 9.84 Å². The van der Waals surface area contributed by atoms with Crippen molar-refractivity contribution in [3.63, 3.8) is 0 Å². The highest BCUT2D eigenvalue weighted by Crippen LogP contribution is 2.32. The molecule has 2 atom stereocenters. The van der Waals surface area contributed by atoms with Crippen molar-refractivity contribution in [1.29, 1.82) is 0 Å². The predicted molar refractivity (Wildman–Crippen MR) is 90.0 cm³/mol. The smallest absolute Gasteiger partial charge is 0.356 e. The Labute approximate surface area is 141 Å². The number of ether oxygens (including phenoxy) is 1. The van der Waals surface area contributed by atoms with Crippen molar-refractivity contribution < 1.29 is 14.6 Å². The van der Waals surface area contributed by atoms with E-state index in [4.69, 9.17) is 9.84 Å². The number of nitrogens with zero attached hydrogens (tertiary/aromatic N) is 2.